The van der Waals surface area contributed by atoms with Gasteiger partial charge in [-0.15, -0.1) is 0 Å². The van der Waals surface area contributed by atoms with Crippen LogP contribution in [-0.2, 0) is 0 Å². The lowest BCUT2D eigenvalue weighted by molar-refractivity contribution is 1.39. The van der Waals surface area contributed by atoms with Crippen LogP contribution in [0.4, 0.5) is 0 Å². The van der Waals surface area contributed by atoms with E-state index in [-0.39, 0.29) is 5.57 Å². The van der Waals surface area contributed by atoms with Gasteiger partial charge in [-0.2, -0.15) is 10.5 Å². The van der Waals surface area contributed by atoms with E-state index in [9.17, 15) is 0 Å². The summed E-state index contributed by atoms with van der Waals surface area (Å²) in [5.74, 6) is 0. The Labute approximate surface area is 137 Å². The minimum atomic E-state index is 0.0756. The lowest BCUT2D eigenvalue weighted by atomic mass is 10.1. The van der Waals surface area contributed by atoms with Crippen LogP contribution in [0, 0.1) is 22.7 Å². The molecule has 21 heavy (non-hydrogen) atoms. The van der Waals surface area contributed by atoms with E-state index < -0.39 is 0 Å². The van der Waals surface area contributed by atoms with Gasteiger partial charge in [0.2, 0.25) is 0 Å². The van der Waals surface area contributed by atoms with Gasteiger partial charge in [0.25, 0.3) is 0 Å². The van der Waals surface area contributed by atoms with E-state index in [0.29, 0.717) is 10.0 Å². The largest absolute Gasteiger partial charge is 0.192 e. The van der Waals surface area contributed by atoms with Crippen molar-refractivity contribution in [1.29, 1.82) is 10.5 Å². The second kappa shape index (κ2) is 7.20. The topological polar surface area (TPSA) is 47.6 Å². The smallest absolute Gasteiger partial charge is 0.130 e. The van der Waals surface area contributed by atoms with Gasteiger partial charge in [0.15, 0.2) is 0 Å². The summed E-state index contributed by atoms with van der Waals surface area (Å²) in [5, 5.41) is 18.6. The molecule has 0 atom stereocenters. The van der Waals surface area contributed by atoms with Gasteiger partial charge < -0.3 is 0 Å². The number of hydrogen-bond acceptors (Lipinski definition) is 3. The first-order valence-electron chi connectivity index (χ1n) is 5.87. The number of benzene rings is 2. The summed E-state index contributed by atoms with van der Waals surface area (Å²) in [6.45, 7) is 0. The summed E-state index contributed by atoms with van der Waals surface area (Å²) in [5.41, 5.74) is 0.879. The first-order valence-corrected chi connectivity index (χ1v) is 7.44. The van der Waals surface area contributed by atoms with Crippen molar-refractivity contribution in [2.45, 2.75) is 9.79 Å². The average Bonchev–Trinajstić information content (AvgIpc) is 2.49. The number of nitriles is 2. The molecule has 0 N–H and O–H groups in total. The molecule has 0 unspecified atom stereocenters. The zero-order chi connectivity index (χ0) is 15.2. The Kier molecular flexibility index (Phi) is 5.31. The zero-order valence-electron chi connectivity index (χ0n) is 10.7. The van der Waals surface area contributed by atoms with Crippen LogP contribution in [-0.4, -0.2) is 0 Å². The molecule has 0 aromatic heterocycles. The van der Waals surface area contributed by atoms with E-state index in [2.05, 4.69) is 0 Å². The number of rotatable bonds is 3. The lowest BCUT2D eigenvalue weighted by Crippen LogP contribution is -1.79. The zero-order valence-corrected chi connectivity index (χ0v) is 13.0. The van der Waals surface area contributed by atoms with Crippen LogP contribution in [0.2, 0.25) is 10.0 Å². The Morgan fingerprint density at radius 2 is 1.67 bits per heavy atom. The fourth-order valence-corrected chi connectivity index (χ4v) is 2.89. The third-order valence-corrected chi connectivity index (χ3v) is 4.26. The van der Waals surface area contributed by atoms with Crippen LogP contribution in [0.25, 0.3) is 6.08 Å². The SMILES string of the molecule is N#CC(C#N)=Cc1cccc(Sc2ccc(Cl)c(Cl)c2)c1. The Balaban J connectivity index is 2.26. The molecule has 0 bridgehead atoms. The Hall–Kier alpha value is -1.91. The van der Waals surface area contributed by atoms with Crippen molar-refractivity contribution in [3.63, 3.8) is 0 Å². The van der Waals surface area contributed by atoms with Gasteiger partial charge in [-0.05, 0) is 42.0 Å². The Bertz CT molecular complexity index is 770. The minimum Gasteiger partial charge on any atom is -0.192 e. The highest BCUT2D eigenvalue weighted by Gasteiger charge is 2.03. The second-order valence-electron chi connectivity index (χ2n) is 4.03. The van der Waals surface area contributed by atoms with E-state index >= 15 is 0 Å². The molecule has 2 rings (SSSR count). The van der Waals surface area contributed by atoms with Crippen molar-refractivity contribution in [3.05, 3.63) is 63.6 Å². The third-order valence-electron chi connectivity index (χ3n) is 2.54. The van der Waals surface area contributed by atoms with Crippen molar-refractivity contribution >= 4 is 41.0 Å². The summed E-state index contributed by atoms with van der Waals surface area (Å²) in [6.07, 6.45) is 1.55. The van der Waals surface area contributed by atoms with Crippen LogP contribution in [0.1, 0.15) is 5.56 Å². The van der Waals surface area contributed by atoms with Crippen LogP contribution in [0.15, 0.2) is 57.8 Å². The predicted octanol–water partition coefficient (Wildman–Crippen LogP) is 5.58. The maximum atomic E-state index is 8.78. The van der Waals surface area contributed by atoms with E-state index in [0.717, 1.165) is 15.4 Å². The van der Waals surface area contributed by atoms with Crippen LogP contribution in [0.5, 0.6) is 0 Å². The minimum absolute atomic E-state index is 0.0756. The highest BCUT2D eigenvalue weighted by Crippen LogP contribution is 2.33. The molecule has 0 amide bonds. The van der Waals surface area contributed by atoms with Crippen LogP contribution in [0.3, 0.4) is 0 Å². The third kappa shape index (κ3) is 4.28. The molecule has 0 saturated heterocycles. The normalized spacial score (nSPS) is 9.52. The highest BCUT2D eigenvalue weighted by molar-refractivity contribution is 7.99. The van der Waals surface area contributed by atoms with E-state index in [4.69, 9.17) is 33.7 Å². The van der Waals surface area contributed by atoms with Crippen molar-refractivity contribution in [2.24, 2.45) is 0 Å². The summed E-state index contributed by atoms with van der Waals surface area (Å²) in [4.78, 5) is 1.95. The summed E-state index contributed by atoms with van der Waals surface area (Å²) < 4.78 is 0. The lowest BCUT2D eigenvalue weighted by Gasteiger charge is -2.04. The maximum absolute atomic E-state index is 8.78. The molecule has 0 aliphatic heterocycles. The molecule has 5 heteroatoms. The fourth-order valence-electron chi connectivity index (χ4n) is 1.60. The number of halogens is 2. The highest BCUT2D eigenvalue weighted by atomic mass is 35.5. The van der Waals surface area contributed by atoms with Crippen molar-refractivity contribution in [1.82, 2.24) is 0 Å². The monoisotopic (exact) mass is 330 g/mol. The average molecular weight is 331 g/mol. The first-order chi connectivity index (χ1) is 10.1. The Morgan fingerprint density at radius 3 is 2.33 bits per heavy atom. The molecule has 2 aromatic carbocycles. The molecule has 0 spiro atoms. The summed E-state index contributed by atoms with van der Waals surface area (Å²) in [7, 11) is 0. The number of hydrogen-bond donors (Lipinski definition) is 0. The van der Waals surface area contributed by atoms with Crippen molar-refractivity contribution < 1.29 is 0 Å². The van der Waals surface area contributed by atoms with Gasteiger partial charge in [0.1, 0.15) is 17.7 Å². The molecule has 2 nitrogen and oxygen atoms in total. The predicted molar refractivity (Wildman–Crippen MR) is 86.2 cm³/mol. The second-order valence-corrected chi connectivity index (χ2v) is 5.99. The van der Waals surface area contributed by atoms with Gasteiger partial charge in [-0.1, -0.05) is 47.1 Å². The fraction of sp³-hybridized carbons (Fsp3) is 0. The van der Waals surface area contributed by atoms with E-state index in [1.807, 2.05) is 42.5 Å². The Morgan fingerprint density at radius 1 is 0.952 bits per heavy atom. The summed E-state index contributed by atoms with van der Waals surface area (Å²) >= 11 is 13.4. The van der Waals surface area contributed by atoms with Gasteiger partial charge in [0, 0.05) is 9.79 Å². The van der Waals surface area contributed by atoms with Gasteiger partial charge in [0.05, 0.1) is 10.0 Å². The molecular weight excluding hydrogens is 323 g/mol. The summed E-state index contributed by atoms with van der Waals surface area (Å²) in [6, 6.07) is 16.7. The number of allylic oxidation sites excluding steroid dienone is 1. The first kappa shape index (κ1) is 15.5. The van der Waals surface area contributed by atoms with Gasteiger partial charge >= 0.3 is 0 Å². The van der Waals surface area contributed by atoms with Gasteiger partial charge in [-0.3, -0.25) is 0 Å². The molecule has 102 valence electrons. The van der Waals surface area contributed by atoms with E-state index in [1.165, 1.54) is 11.8 Å². The van der Waals surface area contributed by atoms with Crippen LogP contribution >= 0.6 is 35.0 Å². The molecule has 0 aliphatic rings. The molecule has 2 aromatic rings. The molecule has 0 fully saturated rings. The molecule has 0 heterocycles. The molecule has 0 aliphatic carbocycles. The molecular formula is C16H8Cl2N2S. The molecule has 0 radical (unpaired) electrons. The molecule has 0 saturated carbocycles. The standard InChI is InChI=1S/C16H8Cl2N2S/c17-15-5-4-14(8-16(15)18)21-13-3-1-2-11(7-13)6-12(9-19)10-20/h1-8H. The van der Waals surface area contributed by atoms with Crippen LogP contribution < -0.4 is 0 Å². The number of nitrogens with zero attached hydrogens (tertiary/aromatic N) is 2. The quantitative estimate of drug-likeness (QED) is 0.690. The van der Waals surface area contributed by atoms with Gasteiger partial charge in [-0.25, -0.2) is 0 Å². The van der Waals surface area contributed by atoms with Crippen molar-refractivity contribution in [3.8, 4) is 12.1 Å². The van der Waals surface area contributed by atoms with E-state index in [1.54, 1.807) is 18.2 Å². The van der Waals surface area contributed by atoms with Crippen molar-refractivity contribution in [2.75, 3.05) is 0 Å². The maximum Gasteiger partial charge on any atom is 0.130 e.